The summed E-state index contributed by atoms with van der Waals surface area (Å²) in [5.41, 5.74) is 12.6. The Balaban J connectivity index is 1.05. The van der Waals surface area contributed by atoms with E-state index in [0.29, 0.717) is 6.54 Å². The zero-order valence-corrected chi connectivity index (χ0v) is 27.7. The first-order valence-corrected chi connectivity index (χ1v) is 17.5. The molecule has 0 saturated carbocycles. The fraction of sp³-hybridized carbons (Fsp3) is 0.0435. The Kier molecular flexibility index (Phi) is 6.09. The number of hydrogen-bond donors (Lipinski definition) is 2. The Morgan fingerprint density at radius 2 is 1.10 bits per heavy atom. The molecule has 10 aromatic rings. The molecular formula is C46H32N4O. The molecule has 1 atom stereocenters. The van der Waals surface area contributed by atoms with Gasteiger partial charge in [0.2, 0.25) is 0 Å². The number of aromatic nitrogens is 2. The summed E-state index contributed by atoms with van der Waals surface area (Å²) in [6, 6.07) is 59.0. The van der Waals surface area contributed by atoms with E-state index in [1.165, 1.54) is 66.0 Å². The number of nitrogens with zero attached hydrogens (tertiary/aromatic N) is 2. The maximum Gasteiger partial charge on any atom is 0.142 e. The summed E-state index contributed by atoms with van der Waals surface area (Å²) in [5, 5.41) is 13.5. The molecule has 4 heterocycles. The summed E-state index contributed by atoms with van der Waals surface area (Å²) >= 11 is 0. The largest absolute Gasteiger partial charge is 0.457 e. The van der Waals surface area contributed by atoms with Crippen molar-refractivity contribution in [3.8, 4) is 22.5 Å². The highest BCUT2D eigenvalue weighted by Gasteiger charge is 2.25. The van der Waals surface area contributed by atoms with E-state index >= 15 is 0 Å². The predicted octanol–water partition coefficient (Wildman–Crippen LogP) is 11.5. The zero-order chi connectivity index (χ0) is 33.5. The highest BCUT2D eigenvalue weighted by molar-refractivity contribution is 6.12. The van der Waals surface area contributed by atoms with Crippen LogP contribution in [0.2, 0.25) is 0 Å². The Morgan fingerprint density at radius 1 is 0.471 bits per heavy atom. The molecule has 0 aliphatic carbocycles. The van der Waals surface area contributed by atoms with Crippen LogP contribution >= 0.6 is 0 Å². The van der Waals surface area contributed by atoms with Crippen LogP contribution in [-0.4, -0.2) is 9.13 Å². The van der Waals surface area contributed by atoms with E-state index in [1.54, 1.807) is 0 Å². The molecule has 2 N–H and O–H groups in total. The Hall–Kier alpha value is -6.56. The maximum absolute atomic E-state index is 6.14. The first-order valence-electron chi connectivity index (χ1n) is 17.5. The minimum Gasteiger partial charge on any atom is -0.457 e. The van der Waals surface area contributed by atoms with Crippen LogP contribution in [0.25, 0.3) is 77.1 Å². The first-order chi connectivity index (χ1) is 25.3. The summed E-state index contributed by atoms with van der Waals surface area (Å²) in [5.74, 6) is 0.946. The number of fused-ring (bicyclic) bond motifs is 9. The molecule has 11 rings (SSSR count). The molecule has 3 aromatic heterocycles. The Morgan fingerprint density at radius 3 is 1.94 bits per heavy atom. The molecule has 0 amide bonds. The number of furan rings is 1. The van der Waals surface area contributed by atoms with Crippen molar-refractivity contribution in [2.75, 3.05) is 5.32 Å². The minimum atomic E-state index is -0.0492. The van der Waals surface area contributed by atoms with Gasteiger partial charge in [-0.2, -0.15) is 0 Å². The standard InChI is InChI=1S/C46H32N4O/c1-2-12-32(13-3-1)49-40-19-8-5-16-35(40)38-26-29(22-24-41(38)49)30-21-23-36-34-15-4-7-18-39(34)50(42(36)27-30)33-14-10-11-31(25-33)46-47-28-44-45(48-46)37-17-6-9-20-43(37)51-44/h1-27,46-48H,28H2. The van der Waals surface area contributed by atoms with Gasteiger partial charge in [0.1, 0.15) is 17.5 Å². The summed E-state index contributed by atoms with van der Waals surface area (Å²) in [7, 11) is 0. The van der Waals surface area contributed by atoms with Crippen LogP contribution in [0.3, 0.4) is 0 Å². The average Bonchev–Trinajstić information content (AvgIpc) is 3.85. The number of para-hydroxylation sites is 4. The molecule has 7 aromatic carbocycles. The monoisotopic (exact) mass is 656 g/mol. The molecule has 1 unspecified atom stereocenters. The average molecular weight is 657 g/mol. The first kappa shape index (κ1) is 28.3. The molecule has 242 valence electrons. The third-order valence-corrected chi connectivity index (χ3v) is 10.6. The predicted molar refractivity (Wildman–Crippen MR) is 210 cm³/mol. The van der Waals surface area contributed by atoms with E-state index in [4.69, 9.17) is 4.42 Å². The van der Waals surface area contributed by atoms with E-state index in [1.807, 2.05) is 12.1 Å². The van der Waals surface area contributed by atoms with Crippen molar-refractivity contribution in [2.45, 2.75) is 12.7 Å². The van der Waals surface area contributed by atoms with Gasteiger partial charge in [0.05, 0.1) is 34.3 Å². The van der Waals surface area contributed by atoms with Gasteiger partial charge in [-0.1, -0.05) is 97.1 Å². The van der Waals surface area contributed by atoms with E-state index in [0.717, 1.165) is 28.1 Å². The van der Waals surface area contributed by atoms with Gasteiger partial charge in [0.25, 0.3) is 0 Å². The van der Waals surface area contributed by atoms with E-state index in [9.17, 15) is 0 Å². The number of benzene rings is 7. The molecule has 51 heavy (non-hydrogen) atoms. The lowest BCUT2D eigenvalue weighted by atomic mass is 10.0. The lowest BCUT2D eigenvalue weighted by Gasteiger charge is -2.26. The molecule has 0 saturated heterocycles. The topological polar surface area (TPSA) is 47.1 Å². The van der Waals surface area contributed by atoms with Crippen LogP contribution in [0.4, 0.5) is 5.69 Å². The van der Waals surface area contributed by atoms with Gasteiger partial charge in [0, 0.05) is 38.3 Å². The zero-order valence-electron chi connectivity index (χ0n) is 27.7. The molecule has 1 aliphatic heterocycles. The lowest BCUT2D eigenvalue weighted by Crippen LogP contribution is -2.32. The quantitative estimate of drug-likeness (QED) is 0.198. The number of nitrogens with one attached hydrogen (secondary N) is 2. The van der Waals surface area contributed by atoms with Crippen molar-refractivity contribution in [2.24, 2.45) is 0 Å². The third-order valence-electron chi connectivity index (χ3n) is 10.6. The van der Waals surface area contributed by atoms with Gasteiger partial charge in [0.15, 0.2) is 0 Å². The second-order valence-electron chi connectivity index (χ2n) is 13.5. The molecule has 1 aliphatic rings. The fourth-order valence-corrected chi connectivity index (χ4v) is 8.25. The van der Waals surface area contributed by atoms with Gasteiger partial charge < -0.3 is 18.9 Å². The van der Waals surface area contributed by atoms with Crippen molar-refractivity contribution in [1.29, 1.82) is 0 Å². The number of rotatable bonds is 4. The highest BCUT2D eigenvalue weighted by Crippen LogP contribution is 2.40. The van der Waals surface area contributed by atoms with E-state index < -0.39 is 0 Å². The van der Waals surface area contributed by atoms with Gasteiger partial charge in [-0.15, -0.1) is 0 Å². The van der Waals surface area contributed by atoms with E-state index in [2.05, 4.69) is 171 Å². The summed E-state index contributed by atoms with van der Waals surface area (Å²) in [6.07, 6.45) is -0.0492. The highest BCUT2D eigenvalue weighted by atomic mass is 16.3. The third kappa shape index (κ3) is 4.32. The van der Waals surface area contributed by atoms with Crippen molar-refractivity contribution >= 4 is 60.3 Å². The molecule has 0 spiro atoms. The van der Waals surface area contributed by atoms with Crippen LogP contribution in [-0.2, 0) is 6.54 Å². The van der Waals surface area contributed by atoms with Crippen LogP contribution in [0.15, 0.2) is 168 Å². The number of hydrogen-bond acceptors (Lipinski definition) is 3. The Labute approximate surface area is 294 Å². The summed E-state index contributed by atoms with van der Waals surface area (Å²) < 4.78 is 10.9. The maximum atomic E-state index is 6.14. The summed E-state index contributed by atoms with van der Waals surface area (Å²) in [6.45, 7) is 0.666. The van der Waals surface area contributed by atoms with Crippen LogP contribution in [0.5, 0.6) is 0 Å². The Bertz CT molecular complexity index is 2970. The van der Waals surface area contributed by atoms with Gasteiger partial charge in [-0.25, -0.2) is 0 Å². The van der Waals surface area contributed by atoms with Crippen molar-refractivity contribution in [1.82, 2.24) is 14.5 Å². The van der Waals surface area contributed by atoms with E-state index in [-0.39, 0.29) is 6.17 Å². The second-order valence-corrected chi connectivity index (χ2v) is 13.5. The molecule has 5 nitrogen and oxygen atoms in total. The van der Waals surface area contributed by atoms with Crippen LogP contribution < -0.4 is 10.6 Å². The fourth-order valence-electron chi connectivity index (χ4n) is 8.25. The molecule has 5 heteroatoms. The van der Waals surface area contributed by atoms with Gasteiger partial charge in [-0.3, -0.25) is 5.32 Å². The normalized spacial score (nSPS) is 14.5. The van der Waals surface area contributed by atoms with Crippen molar-refractivity contribution in [3.63, 3.8) is 0 Å². The SMILES string of the molecule is c1ccc(-n2c3ccccc3c3cc(-c4ccc5c6ccccc6n(-c6cccc(C7NCc8oc9ccccc9c8N7)c6)c5c4)ccc32)cc1. The number of anilines is 1. The molecular weight excluding hydrogens is 625 g/mol. The van der Waals surface area contributed by atoms with Gasteiger partial charge >= 0.3 is 0 Å². The van der Waals surface area contributed by atoms with Crippen LogP contribution in [0, 0.1) is 0 Å². The molecule has 0 bridgehead atoms. The second kappa shape index (κ2) is 11.0. The smallest absolute Gasteiger partial charge is 0.142 e. The summed E-state index contributed by atoms with van der Waals surface area (Å²) in [4.78, 5) is 0. The van der Waals surface area contributed by atoms with Crippen LogP contribution in [0.1, 0.15) is 17.5 Å². The van der Waals surface area contributed by atoms with Crippen molar-refractivity contribution in [3.05, 3.63) is 175 Å². The molecule has 0 radical (unpaired) electrons. The van der Waals surface area contributed by atoms with Gasteiger partial charge in [-0.05, 0) is 83.4 Å². The van der Waals surface area contributed by atoms with Crippen molar-refractivity contribution < 1.29 is 4.42 Å². The lowest BCUT2D eigenvalue weighted by molar-refractivity contribution is 0.469. The molecule has 0 fully saturated rings. The minimum absolute atomic E-state index is 0.0492.